The molecule has 0 saturated heterocycles. The van der Waals surface area contributed by atoms with Gasteiger partial charge in [0.05, 0.1) is 5.56 Å². The van der Waals surface area contributed by atoms with Crippen LogP contribution in [0.15, 0.2) is 48.8 Å². The molecule has 0 radical (unpaired) electrons. The van der Waals surface area contributed by atoms with Gasteiger partial charge in [-0.15, -0.1) is 0 Å². The number of alkyl halides is 3. The number of rotatable bonds is 5. The van der Waals surface area contributed by atoms with Crippen LogP contribution >= 0.6 is 0 Å². The predicted octanol–water partition coefficient (Wildman–Crippen LogP) is 3.38. The van der Waals surface area contributed by atoms with Crippen molar-refractivity contribution in [1.82, 2.24) is 10.3 Å². The molecule has 0 atom stereocenters. The Bertz CT molecular complexity index is 790. The van der Waals surface area contributed by atoms with Crippen LogP contribution in [0.5, 0.6) is 0 Å². The number of hydrogen-bond donors (Lipinski definition) is 2. The number of carbonyl (C=O) groups excluding carboxylic acids is 2. The molecular weight excluding hydrogens is 347 g/mol. The summed E-state index contributed by atoms with van der Waals surface area (Å²) in [6.45, 7) is 3.01. The Hall–Kier alpha value is -2.90. The van der Waals surface area contributed by atoms with E-state index in [9.17, 15) is 22.8 Å². The van der Waals surface area contributed by atoms with Crippen LogP contribution in [0.2, 0.25) is 0 Å². The summed E-state index contributed by atoms with van der Waals surface area (Å²) in [6, 6.07) is 7.68. The molecule has 0 bridgehead atoms. The van der Waals surface area contributed by atoms with E-state index in [1.807, 2.05) is 0 Å². The van der Waals surface area contributed by atoms with Gasteiger partial charge in [-0.3, -0.25) is 14.6 Å². The zero-order valence-corrected chi connectivity index (χ0v) is 14.2. The van der Waals surface area contributed by atoms with Crippen LogP contribution in [0.4, 0.5) is 18.9 Å². The molecule has 26 heavy (non-hydrogen) atoms. The van der Waals surface area contributed by atoms with Crippen molar-refractivity contribution in [3.63, 3.8) is 0 Å². The zero-order valence-electron chi connectivity index (χ0n) is 14.2. The fourth-order valence-corrected chi connectivity index (χ4v) is 2.07. The second-order valence-electron chi connectivity index (χ2n) is 6.20. The van der Waals surface area contributed by atoms with Crippen molar-refractivity contribution in [1.29, 1.82) is 0 Å². The van der Waals surface area contributed by atoms with E-state index >= 15 is 0 Å². The number of nitrogens with one attached hydrogen (secondary N) is 2. The topological polar surface area (TPSA) is 71.1 Å². The van der Waals surface area contributed by atoms with E-state index in [0.29, 0.717) is 0 Å². The average Bonchev–Trinajstić information content (AvgIpc) is 2.60. The number of halogens is 3. The normalized spacial score (nSPS) is 11.7. The first-order valence-electron chi connectivity index (χ1n) is 7.76. The summed E-state index contributed by atoms with van der Waals surface area (Å²) >= 11 is 0. The molecule has 8 heteroatoms. The number of carbonyl (C=O) groups is 2. The lowest BCUT2D eigenvalue weighted by Crippen LogP contribution is -2.44. The minimum absolute atomic E-state index is 0.0279. The first-order chi connectivity index (χ1) is 12.1. The molecule has 0 aliphatic heterocycles. The average molecular weight is 365 g/mol. The largest absolute Gasteiger partial charge is 0.416 e. The highest BCUT2D eigenvalue weighted by Gasteiger charge is 2.36. The summed E-state index contributed by atoms with van der Waals surface area (Å²) in [7, 11) is 0. The molecule has 2 N–H and O–H groups in total. The van der Waals surface area contributed by atoms with Crippen molar-refractivity contribution in [3.8, 4) is 0 Å². The van der Waals surface area contributed by atoms with Crippen molar-refractivity contribution in [2.75, 3.05) is 5.32 Å². The van der Waals surface area contributed by atoms with Gasteiger partial charge in [0.25, 0.3) is 0 Å². The molecule has 0 saturated carbocycles. The first kappa shape index (κ1) is 19.4. The van der Waals surface area contributed by atoms with Gasteiger partial charge in [-0.05, 0) is 49.7 Å². The Morgan fingerprint density at radius 2 is 1.69 bits per heavy atom. The van der Waals surface area contributed by atoms with Crippen LogP contribution in [0.3, 0.4) is 0 Å². The van der Waals surface area contributed by atoms with E-state index in [1.54, 1.807) is 24.5 Å². The highest BCUT2D eigenvalue weighted by Crippen LogP contribution is 2.31. The summed E-state index contributed by atoms with van der Waals surface area (Å²) in [5, 5.41) is 5.00. The standard InChI is InChI=1S/C18H18F3N3O2/c1-17(2,15(25)23-11-12-6-8-22-9-7-12)16(26)24-14-5-3-4-13(10-14)18(19,20)21/h3-10H,11H2,1-2H3,(H,23,25)(H,24,26). The van der Waals surface area contributed by atoms with E-state index < -0.39 is 29.0 Å². The predicted molar refractivity (Wildman–Crippen MR) is 89.9 cm³/mol. The van der Waals surface area contributed by atoms with Crippen LogP contribution in [0, 0.1) is 5.41 Å². The number of nitrogens with zero attached hydrogens (tertiary/aromatic N) is 1. The van der Waals surface area contributed by atoms with Gasteiger partial charge in [0.15, 0.2) is 0 Å². The molecule has 2 rings (SSSR count). The molecular formula is C18H18F3N3O2. The maximum atomic E-state index is 12.7. The molecule has 5 nitrogen and oxygen atoms in total. The van der Waals surface area contributed by atoms with Gasteiger partial charge in [-0.2, -0.15) is 13.2 Å². The van der Waals surface area contributed by atoms with Crippen LogP contribution in [-0.2, 0) is 22.3 Å². The van der Waals surface area contributed by atoms with Crippen molar-refractivity contribution in [2.45, 2.75) is 26.6 Å². The maximum absolute atomic E-state index is 12.7. The molecule has 1 aromatic carbocycles. The summed E-state index contributed by atoms with van der Waals surface area (Å²) in [6.07, 6.45) is -1.36. The Kier molecular flexibility index (Phi) is 5.64. The molecule has 0 aliphatic carbocycles. The highest BCUT2D eigenvalue weighted by molar-refractivity contribution is 6.09. The minimum Gasteiger partial charge on any atom is -0.351 e. The lowest BCUT2D eigenvalue weighted by molar-refractivity contribution is -0.139. The van der Waals surface area contributed by atoms with Crippen molar-refractivity contribution < 1.29 is 22.8 Å². The lowest BCUT2D eigenvalue weighted by Gasteiger charge is -2.23. The fraction of sp³-hybridized carbons (Fsp3) is 0.278. The van der Waals surface area contributed by atoms with E-state index in [1.165, 1.54) is 26.0 Å². The van der Waals surface area contributed by atoms with Crippen LogP contribution in [-0.4, -0.2) is 16.8 Å². The molecule has 0 aliphatic rings. The number of aromatic nitrogens is 1. The lowest BCUT2D eigenvalue weighted by atomic mass is 9.90. The van der Waals surface area contributed by atoms with Gasteiger partial charge in [0.2, 0.25) is 11.8 Å². The van der Waals surface area contributed by atoms with Crippen molar-refractivity contribution in [3.05, 3.63) is 59.9 Å². The Balaban J connectivity index is 2.04. The summed E-state index contributed by atoms with van der Waals surface area (Å²) in [4.78, 5) is 28.6. The number of benzene rings is 1. The van der Waals surface area contributed by atoms with Gasteiger partial charge in [0, 0.05) is 24.6 Å². The van der Waals surface area contributed by atoms with Crippen LogP contribution < -0.4 is 10.6 Å². The number of anilines is 1. The Morgan fingerprint density at radius 3 is 2.31 bits per heavy atom. The number of pyridine rings is 1. The third-order valence-electron chi connectivity index (χ3n) is 3.79. The molecule has 1 aromatic heterocycles. The smallest absolute Gasteiger partial charge is 0.351 e. The molecule has 0 spiro atoms. The Morgan fingerprint density at radius 1 is 1.04 bits per heavy atom. The van der Waals surface area contributed by atoms with Crippen LogP contribution in [0.25, 0.3) is 0 Å². The van der Waals surface area contributed by atoms with E-state index in [2.05, 4.69) is 15.6 Å². The monoisotopic (exact) mass is 365 g/mol. The van der Waals surface area contributed by atoms with Gasteiger partial charge in [-0.25, -0.2) is 0 Å². The van der Waals surface area contributed by atoms with Gasteiger partial charge in [-0.1, -0.05) is 6.07 Å². The summed E-state index contributed by atoms with van der Waals surface area (Å²) in [5.41, 5.74) is -1.57. The van der Waals surface area contributed by atoms with Gasteiger partial charge < -0.3 is 10.6 Å². The van der Waals surface area contributed by atoms with E-state index in [4.69, 9.17) is 0 Å². The Labute approximate surface area is 148 Å². The molecule has 0 fully saturated rings. The number of hydrogen-bond acceptors (Lipinski definition) is 3. The minimum atomic E-state index is -4.52. The van der Waals surface area contributed by atoms with E-state index in [-0.39, 0.29) is 12.2 Å². The third-order valence-corrected chi connectivity index (χ3v) is 3.79. The molecule has 138 valence electrons. The maximum Gasteiger partial charge on any atom is 0.416 e. The summed E-state index contributed by atoms with van der Waals surface area (Å²) < 4.78 is 38.2. The fourth-order valence-electron chi connectivity index (χ4n) is 2.07. The van der Waals surface area contributed by atoms with Gasteiger partial charge in [0.1, 0.15) is 5.41 Å². The first-order valence-corrected chi connectivity index (χ1v) is 7.76. The van der Waals surface area contributed by atoms with Crippen molar-refractivity contribution in [2.24, 2.45) is 5.41 Å². The summed E-state index contributed by atoms with van der Waals surface area (Å²) in [5.74, 6) is -1.25. The SMILES string of the molecule is CC(C)(C(=O)NCc1ccncc1)C(=O)Nc1cccc(C(F)(F)F)c1. The molecule has 2 amide bonds. The van der Waals surface area contributed by atoms with Gasteiger partial charge >= 0.3 is 6.18 Å². The second-order valence-corrected chi connectivity index (χ2v) is 6.20. The van der Waals surface area contributed by atoms with Crippen molar-refractivity contribution >= 4 is 17.5 Å². The third kappa shape index (κ3) is 4.81. The second kappa shape index (κ2) is 7.55. The quantitative estimate of drug-likeness (QED) is 0.798. The van der Waals surface area contributed by atoms with E-state index in [0.717, 1.165) is 17.7 Å². The molecule has 2 aromatic rings. The number of amides is 2. The van der Waals surface area contributed by atoms with Crippen LogP contribution in [0.1, 0.15) is 25.0 Å². The molecule has 1 heterocycles. The highest BCUT2D eigenvalue weighted by atomic mass is 19.4. The molecule has 0 unspecified atom stereocenters. The zero-order chi connectivity index (χ0) is 19.4.